The minimum Gasteiger partial charge on any atom is -1.00 e. The Hall–Kier alpha value is -1.65. The minimum absolute atomic E-state index is 0. The number of nitrogens with zero attached hydrogens (tertiary/aromatic N) is 1. The lowest BCUT2D eigenvalue weighted by Crippen LogP contribution is -3.00. The number of carbonyl (C=O) groups is 1. The highest BCUT2D eigenvalue weighted by atomic mass is 79.9. The second-order valence-electron chi connectivity index (χ2n) is 7.40. The van der Waals surface area contributed by atoms with Gasteiger partial charge in [0.1, 0.15) is 0 Å². The first kappa shape index (κ1) is 20.7. The molecule has 0 radical (unpaired) electrons. The smallest absolute Gasteiger partial charge is 0.232 e. The summed E-state index contributed by atoms with van der Waals surface area (Å²) in [6.45, 7) is 4.22. The lowest BCUT2D eigenvalue weighted by atomic mass is 9.90. The van der Waals surface area contributed by atoms with Crippen molar-refractivity contribution in [2.75, 3.05) is 33.2 Å². The van der Waals surface area contributed by atoms with E-state index in [2.05, 4.69) is 12.4 Å². The molecule has 140 valence electrons. The van der Waals surface area contributed by atoms with Crippen LogP contribution in [-0.2, 0) is 4.79 Å². The average molecular weight is 417 g/mol. The summed E-state index contributed by atoms with van der Waals surface area (Å²) >= 11 is 0. The largest absolute Gasteiger partial charge is 1.00 e. The van der Waals surface area contributed by atoms with Gasteiger partial charge in [0.2, 0.25) is 5.91 Å². The van der Waals surface area contributed by atoms with Gasteiger partial charge in [-0.15, -0.1) is 0 Å². The summed E-state index contributed by atoms with van der Waals surface area (Å²) in [5, 5.41) is 3.20. The molecule has 3 nitrogen and oxygen atoms in total. The summed E-state index contributed by atoms with van der Waals surface area (Å²) in [4.78, 5) is 13.0. The maximum absolute atomic E-state index is 13.0. The zero-order chi connectivity index (χ0) is 17.5. The molecule has 0 aliphatic carbocycles. The van der Waals surface area contributed by atoms with Crippen LogP contribution in [0.4, 0.5) is 0 Å². The molecule has 4 heteroatoms. The van der Waals surface area contributed by atoms with Crippen LogP contribution in [0.15, 0.2) is 60.7 Å². The third-order valence-corrected chi connectivity index (χ3v) is 5.37. The molecule has 0 unspecified atom stereocenters. The monoisotopic (exact) mass is 416 g/mol. The molecule has 1 aliphatic rings. The van der Waals surface area contributed by atoms with Gasteiger partial charge in [-0.1, -0.05) is 60.7 Å². The molecule has 2 aromatic carbocycles. The number of likely N-dealkylation sites (N-methyl/N-ethyl adjacent to an activating group) is 1. The van der Waals surface area contributed by atoms with E-state index in [1.807, 2.05) is 60.7 Å². The van der Waals surface area contributed by atoms with Crippen LogP contribution in [0.1, 0.15) is 36.3 Å². The highest BCUT2D eigenvalue weighted by molar-refractivity contribution is 5.87. The normalized spacial score (nSPS) is 15.9. The lowest BCUT2D eigenvalue weighted by Gasteiger charge is -2.37. The van der Waals surface area contributed by atoms with Gasteiger partial charge in [-0.05, 0) is 30.4 Å². The van der Waals surface area contributed by atoms with Crippen LogP contribution in [0, 0.1) is 0 Å². The molecular weight excluding hydrogens is 388 g/mol. The first-order valence-electron chi connectivity index (χ1n) is 9.39. The van der Waals surface area contributed by atoms with Gasteiger partial charge in [0, 0.05) is 0 Å². The van der Waals surface area contributed by atoms with E-state index >= 15 is 0 Å². The summed E-state index contributed by atoms with van der Waals surface area (Å²) < 4.78 is 1.08. The van der Waals surface area contributed by atoms with Gasteiger partial charge in [-0.25, -0.2) is 0 Å². The highest BCUT2D eigenvalue weighted by Crippen LogP contribution is 2.24. The van der Waals surface area contributed by atoms with Crippen LogP contribution in [0.2, 0.25) is 0 Å². The number of amides is 1. The van der Waals surface area contributed by atoms with Crippen molar-refractivity contribution in [3.05, 3.63) is 71.8 Å². The maximum atomic E-state index is 13.0. The second kappa shape index (κ2) is 9.89. The van der Waals surface area contributed by atoms with Crippen LogP contribution in [0.5, 0.6) is 0 Å². The molecule has 2 aromatic rings. The van der Waals surface area contributed by atoms with Crippen molar-refractivity contribution in [1.82, 2.24) is 5.32 Å². The second-order valence-corrected chi connectivity index (χ2v) is 7.40. The van der Waals surface area contributed by atoms with Gasteiger partial charge < -0.3 is 26.8 Å². The first-order chi connectivity index (χ1) is 12.2. The Labute approximate surface area is 167 Å². The Kier molecular flexibility index (Phi) is 7.85. The van der Waals surface area contributed by atoms with Gasteiger partial charge in [-0.2, -0.15) is 0 Å². The number of quaternary nitrogens is 1. The third-order valence-electron chi connectivity index (χ3n) is 5.37. The van der Waals surface area contributed by atoms with Gasteiger partial charge in [0.05, 0.1) is 39.1 Å². The zero-order valence-corrected chi connectivity index (χ0v) is 17.1. The molecule has 1 amide bonds. The molecule has 0 atom stereocenters. The Morgan fingerprint density at radius 2 is 1.42 bits per heavy atom. The maximum Gasteiger partial charge on any atom is 0.232 e. The molecule has 1 N–H and O–H groups in total. The van der Waals surface area contributed by atoms with Crippen molar-refractivity contribution in [1.29, 1.82) is 0 Å². The van der Waals surface area contributed by atoms with Gasteiger partial charge in [0.15, 0.2) is 0 Å². The molecule has 0 aromatic heterocycles. The quantitative estimate of drug-likeness (QED) is 0.685. The summed E-state index contributed by atoms with van der Waals surface area (Å²) in [5.74, 6) is -0.143. The first-order valence-corrected chi connectivity index (χ1v) is 9.39. The number of hydrogen-bond donors (Lipinski definition) is 1. The summed E-state index contributed by atoms with van der Waals surface area (Å²) in [5.41, 5.74) is 2.09. The predicted octanol–water partition coefficient (Wildman–Crippen LogP) is 0.569. The number of benzene rings is 2. The third kappa shape index (κ3) is 5.42. The van der Waals surface area contributed by atoms with Crippen LogP contribution in [-0.4, -0.2) is 43.6 Å². The molecule has 0 bridgehead atoms. The van der Waals surface area contributed by atoms with Crippen LogP contribution < -0.4 is 22.3 Å². The molecule has 1 heterocycles. The van der Waals surface area contributed by atoms with Crippen molar-refractivity contribution in [3.8, 4) is 0 Å². The molecule has 0 spiro atoms. The number of likely N-dealkylation sites (tertiary alicyclic amines) is 1. The van der Waals surface area contributed by atoms with Crippen LogP contribution in [0.25, 0.3) is 0 Å². The fourth-order valence-electron chi connectivity index (χ4n) is 3.84. The molecule has 26 heavy (non-hydrogen) atoms. The number of nitrogens with one attached hydrogen (secondary N) is 1. The van der Waals surface area contributed by atoms with E-state index in [1.54, 1.807) is 0 Å². The van der Waals surface area contributed by atoms with E-state index in [0.717, 1.165) is 28.7 Å². The van der Waals surface area contributed by atoms with E-state index in [9.17, 15) is 4.79 Å². The van der Waals surface area contributed by atoms with Crippen molar-refractivity contribution in [2.24, 2.45) is 0 Å². The van der Waals surface area contributed by atoms with E-state index in [-0.39, 0.29) is 28.8 Å². The van der Waals surface area contributed by atoms with Crippen LogP contribution >= 0.6 is 0 Å². The number of piperidine rings is 1. The predicted molar refractivity (Wildman–Crippen MR) is 102 cm³/mol. The molecule has 3 rings (SSSR count). The highest BCUT2D eigenvalue weighted by Gasteiger charge is 2.26. The minimum atomic E-state index is -0.242. The topological polar surface area (TPSA) is 29.1 Å². The fourth-order valence-corrected chi connectivity index (χ4v) is 3.84. The van der Waals surface area contributed by atoms with Crippen molar-refractivity contribution >= 4 is 5.91 Å². The van der Waals surface area contributed by atoms with Gasteiger partial charge in [-0.3, -0.25) is 4.79 Å². The van der Waals surface area contributed by atoms with E-state index in [4.69, 9.17) is 0 Å². The Balaban J connectivity index is 0.00000243. The summed E-state index contributed by atoms with van der Waals surface area (Å²) in [6, 6.07) is 20.1. The molecular formula is C22H29BrN2O. The molecule has 1 saturated heterocycles. The van der Waals surface area contributed by atoms with E-state index < -0.39 is 0 Å². The van der Waals surface area contributed by atoms with E-state index in [1.165, 1.54) is 32.4 Å². The Morgan fingerprint density at radius 1 is 0.923 bits per heavy atom. The van der Waals surface area contributed by atoms with E-state index in [0.29, 0.717) is 0 Å². The van der Waals surface area contributed by atoms with Gasteiger partial charge >= 0.3 is 0 Å². The number of hydrogen-bond acceptors (Lipinski definition) is 1. The summed E-state index contributed by atoms with van der Waals surface area (Å²) in [7, 11) is 2.32. The fraction of sp³-hybridized carbons (Fsp3) is 0.409. The zero-order valence-electron chi connectivity index (χ0n) is 15.5. The molecule has 1 aliphatic heterocycles. The van der Waals surface area contributed by atoms with Crippen LogP contribution in [0.3, 0.4) is 0 Å². The average Bonchev–Trinajstić information content (AvgIpc) is 2.64. The van der Waals surface area contributed by atoms with Gasteiger partial charge in [0.25, 0.3) is 0 Å². The lowest BCUT2D eigenvalue weighted by molar-refractivity contribution is -0.912. The molecule has 1 fully saturated rings. The standard InChI is InChI=1S/C22H28N2O.BrH/c1-24(16-9-4-10-17-24)18-15-23-22(25)21(19-11-5-2-6-12-19)20-13-7-3-8-14-20;/h2-3,5-8,11-14,21H,4,9-10,15-18H2,1H3;1H. The molecule has 0 saturated carbocycles. The van der Waals surface area contributed by atoms with Crippen molar-refractivity contribution in [2.45, 2.75) is 25.2 Å². The summed E-state index contributed by atoms with van der Waals surface area (Å²) in [6.07, 6.45) is 3.96. The number of rotatable bonds is 6. The van der Waals surface area contributed by atoms with Crippen molar-refractivity contribution < 1.29 is 26.3 Å². The Bertz CT molecular complexity index is 630. The Morgan fingerprint density at radius 3 is 1.92 bits per heavy atom. The number of carbonyl (C=O) groups excluding carboxylic acids is 1. The SMILES string of the molecule is C[N+]1(CCNC(=O)C(c2ccccc2)c2ccccc2)CCCCC1.[Br-]. The number of halogens is 1. The van der Waals surface area contributed by atoms with Crippen molar-refractivity contribution in [3.63, 3.8) is 0 Å².